The van der Waals surface area contributed by atoms with E-state index in [-0.39, 0.29) is 15.6 Å². The SMILES string of the molecule is CN(C)CCC1CC[N+](C)(C(N)=O)c2ccccc2[NH+]1[O-]. The average molecular weight is 293 g/mol. The van der Waals surface area contributed by atoms with E-state index < -0.39 is 6.03 Å². The number of hydrogen-bond acceptors (Lipinski definition) is 3. The minimum Gasteiger partial charge on any atom is -0.628 e. The number of nitrogens with one attached hydrogen (secondary N) is 1. The summed E-state index contributed by atoms with van der Waals surface area (Å²) in [5, 5.41) is 12.9. The molecular formula is C15H25N4O2+. The summed E-state index contributed by atoms with van der Waals surface area (Å²) >= 11 is 0. The number of fused-ring (bicyclic) bond motifs is 1. The monoisotopic (exact) mass is 293 g/mol. The molecule has 0 bridgehead atoms. The molecule has 3 N–H and O–H groups in total. The molecule has 2 rings (SSSR count). The van der Waals surface area contributed by atoms with E-state index in [0.717, 1.165) is 18.7 Å². The first-order valence-corrected chi connectivity index (χ1v) is 7.30. The second kappa shape index (κ2) is 6.11. The Hall–Kier alpha value is -1.47. The van der Waals surface area contributed by atoms with Crippen LogP contribution in [0.25, 0.3) is 0 Å². The molecule has 6 heteroatoms. The number of hydroxylamine groups is 1. The molecule has 1 aliphatic heterocycles. The summed E-state index contributed by atoms with van der Waals surface area (Å²) in [6.07, 6.45) is 1.49. The Morgan fingerprint density at radius 3 is 2.76 bits per heavy atom. The number of urea groups is 1. The molecular weight excluding hydrogens is 268 g/mol. The summed E-state index contributed by atoms with van der Waals surface area (Å²) in [6.45, 7) is 1.43. The minimum atomic E-state index is -0.413. The van der Waals surface area contributed by atoms with Gasteiger partial charge in [-0.15, -0.1) is 0 Å². The molecule has 21 heavy (non-hydrogen) atoms. The van der Waals surface area contributed by atoms with Gasteiger partial charge in [-0.1, -0.05) is 12.1 Å². The van der Waals surface area contributed by atoms with Crippen LogP contribution in [0.2, 0.25) is 0 Å². The summed E-state index contributed by atoms with van der Waals surface area (Å²) in [5.74, 6) is 0. The predicted molar refractivity (Wildman–Crippen MR) is 84.2 cm³/mol. The number of hydrogen-bond donors (Lipinski definition) is 2. The Bertz CT molecular complexity index is 520. The van der Waals surface area contributed by atoms with E-state index in [2.05, 4.69) is 4.90 Å². The van der Waals surface area contributed by atoms with Crippen LogP contribution in [0.1, 0.15) is 12.8 Å². The van der Waals surface area contributed by atoms with Gasteiger partial charge >= 0.3 is 6.03 Å². The van der Waals surface area contributed by atoms with Crippen molar-refractivity contribution in [1.29, 1.82) is 0 Å². The van der Waals surface area contributed by atoms with Crippen LogP contribution in [-0.2, 0) is 0 Å². The minimum absolute atomic E-state index is 0.000375. The fraction of sp³-hybridized carbons (Fsp3) is 0.533. The zero-order chi connectivity index (χ0) is 15.6. The second-order valence-corrected chi connectivity index (χ2v) is 6.21. The number of carbonyl (C=O) groups excluding carboxylic acids is 1. The van der Waals surface area contributed by atoms with Gasteiger partial charge in [-0.3, -0.25) is 0 Å². The number of nitrogens with zero attached hydrogens (tertiary/aromatic N) is 2. The van der Waals surface area contributed by atoms with Gasteiger partial charge in [0.25, 0.3) is 0 Å². The van der Waals surface area contributed by atoms with Crippen LogP contribution in [0, 0.1) is 5.21 Å². The van der Waals surface area contributed by atoms with Crippen molar-refractivity contribution < 1.29 is 9.86 Å². The normalized spacial score (nSPS) is 29.0. The van der Waals surface area contributed by atoms with E-state index in [4.69, 9.17) is 5.73 Å². The molecule has 1 aromatic rings. The molecule has 0 saturated heterocycles. The lowest BCUT2D eigenvalue weighted by molar-refractivity contribution is -0.806. The highest BCUT2D eigenvalue weighted by Gasteiger charge is 2.41. The Balaban J connectivity index is 2.37. The van der Waals surface area contributed by atoms with E-state index in [0.29, 0.717) is 18.7 Å². The van der Waals surface area contributed by atoms with Gasteiger partial charge < -0.3 is 20.9 Å². The van der Waals surface area contributed by atoms with Crippen LogP contribution >= 0.6 is 0 Å². The van der Waals surface area contributed by atoms with E-state index >= 15 is 0 Å². The Kier molecular flexibility index (Phi) is 4.63. The third-order valence-corrected chi connectivity index (χ3v) is 4.41. The van der Waals surface area contributed by atoms with Crippen molar-refractivity contribution in [3.63, 3.8) is 0 Å². The average Bonchev–Trinajstić information content (AvgIpc) is 2.55. The first-order chi connectivity index (χ1) is 9.86. The first-order valence-electron chi connectivity index (χ1n) is 7.30. The Morgan fingerprint density at radius 1 is 1.48 bits per heavy atom. The van der Waals surface area contributed by atoms with Crippen molar-refractivity contribution in [2.24, 2.45) is 5.73 Å². The van der Waals surface area contributed by atoms with Crippen LogP contribution < -0.4 is 15.3 Å². The highest BCUT2D eigenvalue weighted by Crippen LogP contribution is 2.30. The quantitative estimate of drug-likeness (QED) is 0.627. The first kappa shape index (κ1) is 15.9. The summed E-state index contributed by atoms with van der Waals surface area (Å²) in [7, 11) is 5.79. The predicted octanol–water partition coefficient (Wildman–Crippen LogP) is 0.441. The molecule has 0 spiro atoms. The van der Waals surface area contributed by atoms with Gasteiger partial charge in [0, 0.05) is 25.1 Å². The van der Waals surface area contributed by atoms with E-state index in [1.54, 1.807) is 7.05 Å². The molecule has 6 nitrogen and oxygen atoms in total. The third-order valence-electron chi connectivity index (χ3n) is 4.41. The summed E-state index contributed by atoms with van der Waals surface area (Å²) < 4.78 is 0.000375. The van der Waals surface area contributed by atoms with Gasteiger partial charge in [0.2, 0.25) is 5.69 Å². The molecule has 0 fully saturated rings. The number of rotatable bonds is 3. The highest BCUT2D eigenvalue weighted by atomic mass is 16.5. The third kappa shape index (κ3) is 3.08. The molecule has 0 aliphatic carbocycles. The molecule has 0 aromatic heterocycles. The second-order valence-electron chi connectivity index (χ2n) is 6.21. The molecule has 0 saturated carbocycles. The number of quaternary nitrogens is 2. The molecule has 1 aliphatic rings. The van der Waals surface area contributed by atoms with Crippen molar-refractivity contribution in [3.05, 3.63) is 29.5 Å². The van der Waals surface area contributed by atoms with E-state index in [9.17, 15) is 10.0 Å². The fourth-order valence-corrected chi connectivity index (χ4v) is 2.92. The number of primary amides is 1. The maximum atomic E-state index is 12.8. The van der Waals surface area contributed by atoms with Gasteiger partial charge in [0.15, 0.2) is 5.69 Å². The van der Waals surface area contributed by atoms with Crippen LogP contribution in [0.15, 0.2) is 24.3 Å². The molecule has 1 heterocycles. The lowest BCUT2D eigenvalue weighted by atomic mass is 10.1. The van der Waals surface area contributed by atoms with Gasteiger partial charge in [-0.05, 0) is 14.1 Å². The maximum Gasteiger partial charge on any atom is 0.419 e. The van der Waals surface area contributed by atoms with Crippen LogP contribution in [-0.4, -0.2) is 51.2 Å². The van der Waals surface area contributed by atoms with Crippen LogP contribution in [0.3, 0.4) is 0 Å². The Labute approximate surface area is 125 Å². The van der Waals surface area contributed by atoms with Crippen molar-refractivity contribution in [2.45, 2.75) is 18.9 Å². The molecule has 3 unspecified atom stereocenters. The van der Waals surface area contributed by atoms with Crippen LogP contribution in [0.5, 0.6) is 0 Å². The molecule has 0 radical (unpaired) electrons. The van der Waals surface area contributed by atoms with E-state index in [1.807, 2.05) is 38.4 Å². The standard InChI is InChI=1S/C15H24N4O2/c1-17(2)10-8-12-9-11-19(3,15(16)20)14-7-5-4-6-13(14)18(12)21/h4-7,12,18H,8-11H2,1-3H3,(H-,16,20)/p+1. The van der Waals surface area contributed by atoms with Crippen molar-refractivity contribution in [3.8, 4) is 0 Å². The topological polar surface area (TPSA) is 73.8 Å². The smallest absolute Gasteiger partial charge is 0.419 e. The zero-order valence-electron chi connectivity index (χ0n) is 13.0. The van der Waals surface area contributed by atoms with Crippen molar-refractivity contribution in [1.82, 2.24) is 9.38 Å². The van der Waals surface area contributed by atoms with Gasteiger partial charge in [-0.25, -0.2) is 9.28 Å². The van der Waals surface area contributed by atoms with Gasteiger partial charge in [0.05, 0.1) is 26.1 Å². The highest BCUT2D eigenvalue weighted by molar-refractivity contribution is 5.88. The zero-order valence-corrected chi connectivity index (χ0v) is 13.0. The lowest BCUT2D eigenvalue weighted by Crippen LogP contribution is -3.06. The molecule has 2 amide bonds. The van der Waals surface area contributed by atoms with E-state index in [1.165, 1.54) is 0 Å². The summed E-state index contributed by atoms with van der Waals surface area (Å²) in [5.41, 5.74) is 6.98. The molecule has 1 aromatic carbocycles. The molecule has 116 valence electrons. The van der Waals surface area contributed by atoms with Gasteiger partial charge in [-0.2, -0.15) is 0 Å². The molecule has 3 atom stereocenters. The summed E-state index contributed by atoms with van der Waals surface area (Å²) in [6, 6.07) is 6.89. The van der Waals surface area contributed by atoms with Crippen molar-refractivity contribution in [2.75, 3.05) is 34.2 Å². The number of benzene rings is 1. The fourth-order valence-electron chi connectivity index (χ4n) is 2.92. The Morgan fingerprint density at radius 2 is 2.14 bits per heavy atom. The van der Waals surface area contributed by atoms with Crippen molar-refractivity contribution >= 4 is 17.4 Å². The summed E-state index contributed by atoms with van der Waals surface area (Å²) in [4.78, 5) is 14.0. The number of carbonyl (C=O) groups is 1. The lowest BCUT2D eigenvalue weighted by Gasteiger charge is -2.30. The largest absolute Gasteiger partial charge is 0.628 e. The van der Waals surface area contributed by atoms with Gasteiger partial charge in [0.1, 0.15) is 0 Å². The maximum absolute atomic E-state index is 12.8. The number of para-hydroxylation sites is 2. The number of nitrogens with two attached hydrogens (primary N) is 1. The number of amides is 2. The van der Waals surface area contributed by atoms with Crippen LogP contribution in [0.4, 0.5) is 16.2 Å².